The summed E-state index contributed by atoms with van der Waals surface area (Å²) >= 11 is 0. The average molecular weight is 1630 g/mol. The number of hydrogen-bond donors (Lipinski definition) is 0. The lowest BCUT2D eigenvalue weighted by atomic mass is 9.80. The van der Waals surface area contributed by atoms with Crippen LogP contribution < -0.4 is 4.90 Å². The lowest BCUT2D eigenvalue weighted by Crippen LogP contribution is -2.22. The molecule has 5 aliphatic carbocycles. The van der Waals surface area contributed by atoms with E-state index in [0.29, 0.717) is 23.7 Å². The molecule has 0 radical (unpaired) electrons. The topological polar surface area (TPSA) is 8.17 Å². The Labute approximate surface area is 744 Å². The molecule has 3 unspecified atom stereocenters. The third kappa shape index (κ3) is 13.4. The van der Waals surface area contributed by atoms with Gasteiger partial charge in [0.2, 0.25) is 0 Å². The van der Waals surface area contributed by atoms with Gasteiger partial charge in [-0.2, -0.15) is 0 Å². The average Bonchev–Trinajstić information content (AvgIpc) is 1.53. The number of nitrogens with zero attached hydrogens (tertiary/aromatic N) is 2. The zero-order valence-corrected chi connectivity index (χ0v) is 86.5. The molecule has 16 rings (SSSR count). The van der Waals surface area contributed by atoms with Crippen molar-refractivity contribution >= 4 is 27.7 Å². The van der Waals surface area contributed by atoms with Gasteiger partial charge < -0.3 is 9.47 Å². The zero-order chi connectivity index (χ0) is 91.4. The molecule has 0 N–H and O–H groups in total. The van der Waals surface area contributed by atoms with Gasteiger partial charge in [0.05, 0.1) is 17.1 Å². The van der Waals surface area contributed by atoms with E-state index < -0.39 is 0 Å². The number of fused-ring (bicyclic) bond motifs is 14. The number of anilines is 1. The molecule has 9 aromatic carbocycles. The van der Waals surface area contributed by atoms with E-state index in [2.05, 4.69) is 349 Å². The van der Waals surface area contributed by atoms with Crippen LogP contribution in [0.1, 0.15) is 372 Å². The Morgan fingerprint density at radius 1 is 0.197 bits per heavy atom. The molecule has 1 saturated carbocycles. The second-order valence-corrected chi connectivity index (χ2v) is 41.3. The smallest absolute Gasteiger partial charge is 0.0539 e. The number of aromatic nitrogens is 1. The molecular weight excluding hydrogens is 1470 g/mol. The third-order valence-corrected chi connectivity index (χ3v) is 37.6. The maximum atomic E-state index is 2.73. The quantitative estimate of drug-likeness (QED) is 0.170. The SMILES string of the molecule is CC1=C(C)C(C)c2c(C)c(C)c(C)c(C)c21.CC1=C2C(c3c(C)c(C)c(C)c(C)c31)c1c(C)c(C)c(C)c(C)c1N2Cc1c(C)c(C)c(C)c(C)c1C.CC1C(C)C(C)C(C)C1C.Cc1c(C)c(C)c(Cn2c3c(c4c(C)c(C)c(C)c(C)c42)C(C)c2c(C)c(C)c(C)c(C)c2-3)c(C)c1C.Cc1c(C)c(C)c2c(c1C)-c1c(C)c(C)c(C)c(C)c1C2C. The molecule has 10 aromatic rings. The number of benzene rings is 9. The van der Waals surface area contributed by atoms with Crippen LogP contribution in [0.15, 0.2) is 11.3 Å². The van der Waals surface area contributed by atoms with Crippen LogP contribution >= 0.6 is 0 Å². The lowest BCUT2D eigenvalue weighted by molar-refractivity contribution is 0.352. The minimum absolute atomic E-state index is 0.328. The van der Waals surface area contributed by atoms with Gasteiger partial charge in [-0.1, -0.05) is 61.0 Å². The summed E-state index contributed by atoms with van der Waals surface area (Å²) in [5.74, 6) is 6.52. The maximum absolute atomic E-state index is 2.73. The number of rotatable bonds is 4. The van der Waals surface area contributed by atoms with Crippen LogP contribution in [0.4, 0.5) is 5.69 Å². The van der Waals surface area contributed by atoms with Gasteiger partial charge >= 0.3 is 0 Å². The molecule has 0 saturated heterocycles. The lowest BCUT2D eigenvalue weighted by Gasteiger charge is -2.29. The van der Waals surface area contributed by atoms with E-state index in [-0.39, 0.29) is 0 Å². The van der Waals surface area contributed by atoms with Gasteiger partial charge in [-0.15, -0.1) is 0 Å². The second-order valence-electron chi connectivity index (χ2n) is 41.3. The van der Waals surface area contributed by atoms with Crippen LogP contribution in [0.5, 0.6) is 0 Å². The van der Waals surface area contributed by atoms with Crippen LogP contribution in [-0.4, -0.2) is 4.57 Å². The van der Waals surface area contributed by atoms with Gasteiger partial charge in [0.1, 0.15) is 0 Å². The largest absolute Gasteiger partial charge is 0.339 e. The maximum Gasteiger partial charge on any atom is 0.0539 e. The molecule has 2 heteroatoms. The summed E-state index contributed by atoms with van der Waals surface area (Å²) in [6.07, 6.45) is 0. The van der Waals surface area contributed by atoms with Crippen LogP contribution in [0.2, 0.25) is 0 Å². The normalized spacial score (nSPS) is 18.8. The highest BCUT2D eigenvalue weighted by atomic mass is 15.2. The number of aryl methyl sites for hydroxylation is 2. The Morgan fingerprint density at radius 3 is 0.828 bits per heavy atom. The standard InChI is InChI=1S/2C36H45N.C22H28.C16H22.C10H20/c1-16-17(2)23(8)30(24(9)18(16)3)15-37-35-28(13)22(7)21(6)27(12)33(35)34-32-26(11)20(5)19(4)25(10)31(32)29(14)36(34)37;1-16-17(2)23(8)30(24(9)18(16)3)15-37-35-28(13)22(7)21(6)27(12)33(35)34-29(14)31-25(10)19(4)20(5)26(11)32(31)36(34)37;1-10-12(3)16(7)21-19(14(10)5)18(9)20-15(6)11(2)13(4)17(8)22(20)21;1-8-9(2)12(5)16-14(7)10(3)13(6)15(16)11(8)4;1-6-7(2)9(4)10(5)8(6)3/h34H,15H2,1-14H3;29H,15H2,1-14H3;18H,1-9H3;13H,1-7H3;6-10H,1-5H3. The van der Waals surface area contributed by atoms with Gasteiger partial charge in [0.25, 0.3) is 0 Å². The fraction of sp³-hybridized carbons (Fsp3) is 0.500. The molecule has 6 aliphatic rings. The van der Waals surface area contributed by atoms with Crippen molar-refractivity contribution in [3.05, 3.63) is 284 Å². The van der Waals surface area contributed by atoms with Gasteiger partial charge in [-0.3, -0.25) is 0 Å². The van der Waals surface area contributed by atoms with Crippen molar-refractivity contribution in [1.82, 2.24) is 4.57 Å². The zero-order valence-electron chi connectivity index (χ0n) is 86.5. The molecule has 1 aromatic heterocycles. The van der Waals surface area contributed by atoms with Crippen molar-refractivity contribution < 1.29 is 0 Å². The van der Waals surface area contributed by atoms with Gasteiger partial charge in [-0.25, -0.2) is 0 Å². The van der Waals surface area contributed by atoms with E-state index in [1.165, 1.54) is 289 Å². The monoisotopic (exact) mass is 1630 g/mol. The highest BCUT2D eigenvalue weighted by Gasteiger charge is 2.47. The first-order valence-electron chi connectivity index (χ1n) is 47.1. The molecule has 1 aliphatic heterocycles. The van der Waals surface area contributed by atoms with Crippen molar-refractivity contribution in [3.8, 4) is 22.4 Å². The molecule has 0 spiro atoms. The van der Waals surface area contributed by atoms with E-state index in [1.807, 2.05) is 0 Å². The minimum atomic E-state index is 0.328. The summed E-state index contributed by atoms with van der Waals surface area (Å²) in [7, 11) is 0. The fourth-order valence-corrected chi connectivity index (χ4v) is 25.1. The van der Waals surface area contributed by atoms with Crippen molar-refractivity contribution in [2.45, 2.75) is 376 Å². The van der Waals surface area contributed by atoms with Crippen LogP contribution in [-0.2, 0) is 13.1 Å². The second kappa shape index (κ2) is 33.0. The highest BCUT2D eigenvalue weighted by molar-refractivity contribution is 6.03. The molecule has 122 heavy (non-hydrogen) atoms. The molecule has 2 nitrogen and oxygen atoms in total. The van der Waals surface area contributed by atoms with Crippen LogP contribution in [0, 0.1) is 293 Å². The molecular formula is C120H160N2. The first-order chi connectivity index (χ1) is 56.6. The van der Waals surface area contributed by atoms with Crippen molar-refractivity contribution in [2.24, 2.45) is 29.6 Å². The van der Waals surface area contributed by atoms with E-state index in [4.69, 9.17) is 0 Å². The van der Waals surface area contributed by atoms with Gasteiger partial charge in [0, 0.05) is 53.2 Å². The molecule has 650 valence electrons. The summed E-state index contributed by atoms with van der Waals surface area (Å²) in [6, 6.07) is 0. The number of allylic oxidation sites excluding steroid dienone is 4. The van der Waals surface area contributed by atoms with E-state index in [9.17, 15) is 0 Å². The summed E-state index contributed by atoms with van der Waals surface area (Å²) in [5, 5.41) is 1.50. The van der Waals surface area contributed by atoms with Crippen molar-refractivity contribution in [3.63, 3.8) is 0 Å². The Hall–Kier alpha value is -8.20. The predicted octanol–water partition coefficient (Wildman–Crippen LogP) is 33.7. The summed E-state index contributed by atoms with van der Waals surface area (Å²) in [5.41, 5.74) is 87.6. The van der Waals surface area contributed by atoms with E-state index in [1.54, 1.807) is 44.5 Å². The van der Waals surface area contributed by atoms with Crippen molar-refractivity contribution in [2.75, 3.05) is 4.90 Å². The summed E-state index contributed by atoms with van der Waals surface area (Å²) < 4.78 is 2.73. The first-order valence-corrected chi connectivity index (χ1v) is 47.1. The summed E-state index contributed by atoms with van der Waals surface area (Å²) in [4.78, 5) is 2.73. The third-order valence-electron chi connectivity index (χ3n) is 37.6. The van der Waals surface area contributed by atoms with Crippen LogP contribution in [0.25, 0.3) is 44.4 Å². The van der Waals surface area contributed by atoms with Gasteiger partial charge in [-0.05, 0) is 608 Å². The Bertz CT molecular complexity index is 6070. The molecule has 0 bridgehead atoms. The Morgan fingerprint density at radius 2 is 0.451 bits per heavy atom. The van der Waals surface area contributed by atoms with E-state index >= 15 is 0 Å². The predicted molar refractivity (Wildman–Crippen MR) is 539 cm³/mol. The Kier molecular flexibility index (Phi) is 25.1. The molecule has 0 amide bonds. The Balaban J connectivity index is 0.000000149. The van der Waals surface area contributed by atoms with Gasteiger partial charge in [0.15, 0.2) is 0 Å². The summed E-state index contributed by atoms with van der Waals surface area (Å²) in [6.45, 7) is 116. The molecule has 3 atom stereocenters. The highest BCUT2D eigenvalue weighted by Crippen LogP contribution is 2.62. The first kappa shape index (κ1) is 93.0. The molecule has 2 heterocycles. The molecule has 1 fully saturated rings. The number of hydrogen-bond acceptors (Lipinski definition) is 1. The van der Waals surface area contributed by atoms with Crippen molar-refractivity contribution in [1.29, 1.82) is 0 Å². The minimum Gasteiger partial charge on any atom is -0.339 e. The van der Waals surface area contributed by atoms with E-state index in [0.717, 1.165) is 42.7 Å². The van der Waals surface area contributed by atoms with Crippen LogP contribution in [0.3, 0.4) is 0 Å². The fourth-order valence-electron chi connectivity index (χ4n) is 25.1.